The van der Waals surface area contributed by atoms with E-state index in [2.05, 4.69) is 14.8 Å². The molecule has 0 saturated heterocycles. The molecule has 1 fully saturated rings. The Bertz CT molecular complexity index is 1530. The van der Waals surface area contributed by atoms with Crippen LogP contribution in [0.1, 0.15) is 37.3 Å². The SMILES string of the molecule is COP1(=O)N=C(C2=C(O)c3cc(F)ccc3C(C)(CC3CC3)C2=O)Nc2ccc(NS(C)(=O)=O)cc21. The van der Waals surface area contributed by atoms with E-state index in [1.807, 2.05) is 0 Å². The fraction of sp³-hybridized carbons (Fsp3) is 0.333. The number of amidine groups is 1. The Labute approximate surface area is 208 Å². The summed E-state index contributed by atoms with van der Waals surface area (Å²) in [7, 11) is -6.39. The van der Waals surface area contributed by atoms with Crippen LogP contribution in [-0.2, 0) is 29.3 Å². The van der Waals surface area contributed by atoms with Gasteiger partial charge >= 0.3 is 7.52 Å². The number of benzene rings is 2. The minimum atomic E-state index is -3.98. The number of nitrogens with zero attached hydrogens (tertiary/aromatic N) is 1. The number of aliphatic hydroxyl groups excluding tert-OH is 1. The van der Waals surface area contributed by atoms with Crippen LogP contribution < -0.4 is 15.3 Å². The van der Waals surface area contributed by atoms with Gasteiger partial charge in [0.2, 0.25) is 10.0 Å². The zero-order valence-corrected chi connectivity index (χ0v) is 21.5. The summed E-state index contributed by atoms with van der Waals surface area (Å²) in [5.41, 5.74) is -0.0976. The largest absolute Gasteiger partial charge is 0.506 e. The number of nitrogens with one attached hydrogen (secondary N) is 2. The van der Waals surface area contributed by atoms with Crippen molar-refractivity contribution in [2.75, 3.05) is 23.4 Å². The standard InChI is InChI=1S/C24H25FN3O6PS/c1-24(12-13-4-5-13)17-8-6-14(25)10-16(17)21(29)20(22(24)30)23-26-18-9-7-15(28-36(3,32)33)11-19(18)35(31,27-23)34-2/h6-11,13,28-29H,4-5,12H2,1-3H3,(H,26,27,31). The Hall–Kier alpha value is -3.01. The number of carbonyl (C=O) groups excluding carboxylic acids is 1. The van der Waals surface area contributed by atoms with Crippen LogP contribution >= 0.6 is 7.52 Å². The number of anilines is 2. The highest BCUT2D eigenvalue weighted by molar-refractivity contribution is 7.92. The highest BCUT2D eigenvalue weighted by Crippen LogP contribution is 2.54. The van der Waals surface area contributed by atoms with E-state index in [9.17, 15) is 27.3 Å². The van der Waals surface area contributed by atoms with Crippen LogP contribution in [0.4, 0.5) is 15.8 Å². The Kier molecular flexibility index (Phi) is 5.66. The molecule has 1 saturated carbocycles. The fourth-order valence-corrected chi connectivity index (χ4v) is 6.99. The Balaban J connectivity index is 1.66. The summed E-state index contributed by atoms with van der Waals surface area (Å²) < 4.78 is 63.1. The number of aliphatic hydroxyl groups is 1. The Morgan fingerprint density at radius 2 is 2.00 bits per heavy atom. The van der Waals surface area contributed by atoms with Crippen molar-refractivity contribution in [3.05, 3.63) is 58.9 Å². The van der Waals surface area contributed by atoms with Crippen molar-refractivity contribution in [3.63, 3.8) is 0 Å². The van der Waals surface area contributed by atoms with Gasteiger partial charge in [-0.2, -0.15) is 4.76 Å². The van der Waals surface area contributed by atoms with Crippen LogP contribution in [-0.4, -0.2) is 38.5 Å². The van der Waals surface area contributed by atoms with Crippen molar-refractivity contribution >= 4 is 51.6 Å². The van der Waals surface area contributed by atoms with Crippen LogP contribution in [0.15, 0.2) is 46.7 Å². The van der Waals surface area contributed by atoms with Gasteiger partial charge < -0.3 is 14.9 Å². The predicted octanol–water partition coefficient (Wildman–Crippen LogP) is 4.10. The van der Waals surface area contributed by atoms with E-state index in [4.69, 9.17) is 4.52 Å². The molecule has 0 radical (unpaired) electrons. The fourth-order valence-electron chi connectivity index (χ4n) is 4.89. The summed E-state index contributed by atoms with van der Waals surface area (Å²) >= 11 is 0. The average molecular weight is 534 g/mol. The van der Waals surface area contributed by atoms with Crippen molar-refractivity contribution in [1.82, 2.24) is 0 Å². The molecule has 2 aromatic rings. The number of Topliss-reactive ketones (excluding diaryl/α,β-unsaturated/α-hetero) is 1. The molecule has 5 rings (SSSR count). The van der Waals surface area contributed by atoms with Crippen molar-refractivity contribution in [3.8, 4) is 0 Å². The number of hydrogen-bond donors (Lipinski definition) is 3. The Morgan fingerprint density at radius 1 is 1.28 bits per heavy atom. The first-order valence-corrected chi connectivity index (χ1v) is 14.8. The summed E-state index contributed by atoms with van der Waals surface area (Å²) in [6.45, 7) is 1.77. The number of halogens is 1. The third-order valence-electron chi connectivity index (χ3n) is 6.76. The molecule has 0 amide bonds. The number of hydrogen-bond acceptors (Lipinski definition) is 7. The number of rotatable bonds is 6. The van der Waals surface area contributed by atoms with Crippen LogP contribution in [0.25, 0.3) is 5.76 Å². The first-order chi connectivity index (χ1) is 16.8. The van der Waals surface area contributed by atoms with Gasteiger partial charge in [-0.05, 0) is 55.2 Å². The van der Waals surface area contributed by atoms with E-state index in [-0.39, 0.29) is 33.7 Å². The Morgan fingerprint density at radius 3 is 2.64 bits per heavy atom. The summed E-state index contributed by atoms with van der Waals surface area (Å²) in [6.07, 6.45) is 3.48. The highest BCUT2D eigenvalue weighted by Gasteiger charge is 2.49. The van der Waals surface area contributed by atoms with E-state index in [1.165, 1.54) is 43.5 Å². The number of ketones is 1. The van der Waals surface area contributed by atoms with Crippen molar-refractivity contribution < 1.29 is 31.8 Å². The topological polar surface area (TPSA) is 134 Å². The highest BCUT2D eigenvalue weighted by atomic mass is 32.2. The van der Waals surface area contributed by atoms with Gasteiger partial charge in [-0.1, -0.05) is 18.9 Å². The van der Waals surface area contributed by atoms with Gasteiger partial charge in [-0.25, -0.2) is 12.8 Å². The smallest absolute Gasteiger partial charge is 0.348 e. The van der Waals surface area contributed by atoms with E-state index >= 15 is 0 Å². The molecule has 0 bridgehead atoms. The molecule has 2 aliphatic carbocycles. The lowest BCUT2D eigenvalue weighted by Crippen LogP contribution is -2.43. The molecule has 2 aromatic carbocycles. The van der Waals surface area contributed by atoms with Gasteiger partial charge in [0, 0.05) is 18.4 Å². The summed E-state index contributed by atoms with van der Waals surface area (Å²) in [5, 5.41) is 14.2. The van der Waals surface area contributed by atoms with E-state index < -0.39 is 40.3 Å². The van der Waals surface area contributed by atoms with Gasteiger partial charge in [-0.3, -0.25) is 14.1 Å². The van der Waals surface area contributed by atoms with Crippen molar-refractivity contribution in [1.29, 1.82) is 0 Å². The number of fused-ring (bicyclic) bond motifs is 2. The lowest BCUT2D eigenvalue weighted by Gasteiger charge is -2.37. The third kappa shape index (κ3) is 4.15. The van der Waals surface area contributed by atoms with E-state index in [0.717, 1.165) is 19.1 Å². The lowest BCUT2D eigenvalue weighted by molar-refractivity contribution is -0.120. The monoisotopic (exact) mass is 533 g/mol. The second-order valence-corrected chi connectivity index (χ2v) is 13.4. The lowest BCUT2D eigenvalue weighted by atomic mass is 9.66. The molecule has 1 aliphatic heterocycles. The third-order valence-corrected chi connectivity index (χ3v) is 9.31. The van der Waals surface area contributed by atoms with Gasteiger partial charge in [-0.15, -0.1) is 0 Å². The molecule has 36 heavy (non-hydrogen) atoms. The first kappa shape index (κ1) is 24.7. The maximum Gasteiger partial charge on any atom is 0.348 e. The van der Waals surface area contributed by atoms with Gasteiger partial charge in [0.05, 0.1) is 22.7 Å². The van der Waals surface area contributed by atoms with Gasteiger partial charge in [0.25, 0.3) is 0 Å². The quantitative estimate of drug-likeness (QED) is 0.476. The number of sulfonamides is 1. The van der Waals surface area contributed by atoms with E-state index in [1.54, 1.807) is 6.92 Å². The van der Waals surface area contributed by atoms with E-state index in [0.29, 0.717) is 17.9 Å². The summed E-state index contributed by atoms with van der Waals surface area (Å²) in [5.74, 6) is -1.27. The minimum absolute atomic E-state index is 0.0953. The van der Waals surface area contributed by atoms with Crippen molar-refractivity contribution in [2.24, 2.45) is 10.7 Å². The van der Waals surface area contributed by atoms with Crippen LogP contribution in [0, 0.1) is 11.7 Å². The average Bonchev–Trinajstić information content (AvgIpc) is 3.61. The second kappa shape index (κ2) is 8.26. The van der Waals surface area contributed by atoms with Crippen LogP contribution in [0.3, 0.4) is 0 Å². The maximum atomic E-state index is 14.2. The van der Waals surface area contributed by atoms with Crippen LogP contribution in [0.5, 0.6) is 0 Å². The molecule has 2 atom stereocenters. The zero-order chi connectivity index (χ0) is 26.0. The number of carbonyl (C=O) groups is 1. The zero-order valence-electron chi connectivity index (χ0n) is 19.8. The molecular weight excluding hydrogens is 508 g/mol. The summed E-state index contributed by atoms with van der Waals surface area (Å²) in [4.78, 5) is 14.0. The molecule has 3 N–H and O–H groups in total. The molecule has 2 unspecified atom stereocenters. The molecular formula is C24H25FN3O6PS. The van der Waals surface area contributed by atoms with Crippen LogP contribution in [0.2, 0.25) is 0 Å². The van der Waals surface area contributed by atoms with Gasteiger partial charge in [0.15, 0.2) is 5.78 Å². The maximum absolute atomic E-state index is 14.2. The molecule has 3 aliphatic rings. The van der Waals surface area contributed by atoms with Gasteiger partial charge in [0.1, 0.15) is 23.0 Å². The normalized spacial score (nSPS) is 25.6. The predicted molar refractivity (Wildman–Crippen MR) is 136 cm³/mol. The molecule has 12 heteroatoms. The molecule has 190 valence electrons. The molecule has 1 heterocycles. The molecule has 9 nitrogen and oxygen atoms in total. The summed E-state index contributed by atoms with van der Waals surface area (Å²) in [6, 6.07) is 8.24. The molecule has 0 aromatic heterocycles. The second-order valence-electron chi connectivity index (χ2n) is 9.60. The minimum Gasteiger partial charge on any atom is -0.506 e. The van der Waals surface area contributed by atoms with Crippen molar-refractivity contribution in [2.45, 2.75) is 31.6 Å². The first-order valence-electron chi connectivity index (χ1n) is 11.3. The molecule has 0 spiro atoms.